The molecule has 0 bridgehead atoms. The van der Waals surface area contributed by atoms with E-state index in [1.807, 2.05) is 0 Å². The Morgan fingerprint density at radius 3 is 2.38 bits per heavy atom. The molecule has 0 radical (unpaired) electrons. The van der Waals surface area contributed by atoms with E-state index in [0.717, 1.165) is 83.5 Å². The van der Waals surface area contributed by atoms with Crippen LogP contribution < -0.4 is 0 Å². The number of aliphatic hydroxyl groups is 3. The Hall–Kier alpha value is -0.650. The Bertz CT molecular complexity index is 822. The maximum absolute atomic E-state index is 12.9. The smallest absolute Gasteiger partial charge is 0.306 e. The van der Waals surface area contributed by atoms with Crippen molar-refractivity contribution in [3.8, 4) is 0 Å². The molecule has 0 aromatic carbocycles. The fourth-order valence-electron chi connectivity index (χ4n) is 10.7. The van der Waals surface area contributed by atoms with Gasteiger partial charge in [-0.05, 0) is 130 Å². The third-order valence-electron chi connectivity index (χ3n) is 13.1. The highest BCUT2D eigenvalue weighted by Crippen LogP contribution is 2.68. The standard InChI is InChI=1S/C32H54O5/c1-5-32(14-7-6-8-15-32)37-28(36)12-9-20(2)23-10-11-24-29-25(19-27(35)31(23,24)4)30(3)16-13-22(33)17-21(30)18-26(29)34/h20-27,29,33-35H,5-19H2,1-4H3/t20-,21?,22-,23?,24?,25?,26?,27+,29?,30+,31-/m1/s1. The number of hydrogen-bond donors (Lipinski definition) is 3. The van der Waals surface area contributed by atoms with Gasteiger partial charge in [-0.15, -0.1) is 0 Å². The van der Waals surface area contributed by atoms with Crippen molar-refractivity contribution >= 4 is 5.97 Å². The largest absolute Gasteiger partial charge is 0.459 e. The molecule has 5 nitrogen and oxygen atoms in total. The first kappa shape index (κ1) is 27.9. The summed E-state index contributed by atoms with van der Waals surface area (Å²) in [5.41, 5.74) is -0.345. The van der Waals surface area contributed by atoms with E-state index in [2.05, 4.69) is 27.7 Å². The van der Waals surface area contributed by atoms with Gasteiger partial charge in [0.15, 0.2) is 0 Å². The van der Waals surface area contributed by atoms with Crippen LogP contribution >= 0.6 is 0 Å². The van der Waals surface area contributed by atoms with E-state index in [1.165, 1.54) is 6.42 Å². The molecule has 0 aromatic heterocycles. The summed E-state index contributed by atoms with van der Waals surface area (Å²) >= 11 is 0. The van der Waals surface area contributed by atoms with Crippen molar-refractivity contribution in [1.82, 2.24) is 0 Å². The Kier molecular flexibility index (Phi) is 7.84. The highest BCUT2D eigenvalue weighted by atomic mass is 16.6. The molecule has 212 valence electrons. The van der Waals surface area contributed by atoms with Crippen LogP contribution in [0.25, 0.3) is 0 Å². The first-order valence-corrected chi connectivity index (χ1v) is 15.8. The van der Waals surface area contributed by atoms with E-state index in [4.69, 9.17) is 4.74 Å². The summed E-state index contributed by atoms with van der Waals surface area (Å²) in [4.78, 5) is 12.9. The summed E-state index contributed by atoms with van der Waals surface area (Å²) in [7, 11) is 0. The molecule has 5 rings (SSSR count). The first-order chi connectivity index (χ1) is 17.5. The van der Waals surface area contributed by atoms with Crippen molar-refractivity contribution in [3.63, 3.8) is 0 Å². The van der Waals surface area contributed by atoms with Crippen molar-refractivity contribution in [2.45, 2.75) is 148 Å². The monoisotopic (exact) mass is 518 g/mol. The minimum atomic E-state index is -0.374. The minimum absolute atomic E-state index is 0.0410. The number of esters is 1. The average molecular weight is 519 g/mol. The van der Waals surface area contributed by atoms with E-state index in [9.17, 15) is 20.1 Å². The molecule has 0 aromatic rings. The lowest BCUT2D eigenvalue weighted by atomic mass is 9.43. The molecule has 5 aliphatic rings. The van der Waals surface area contributed by atoms with E-state index < -0.39 is 0 Å². The van der Waals surface area contributed by atoms with Crippen LogP contribution in [-0.2, 0) is 9.53 Å². The summed E-state index contributed by atoms with van der Waals surface area (Å²) in [5, 5.41) is 33.6. The van der Waals surface area contributed by atoms with Gasteiger partial charge in [-0.2, -0.15) is 0 Å². The molecule has 0 heterocycles. The fourth-order valence-corrected chi connectivity index (χ4v) is 10.7. The average Bonchev–Trinajstić information content (AvgIpc) is 3.23. The zero-order valence-corrected chi connectivity index (χ0v) is 24.0. The van der Waals surface area contributed by atoms with Crippen molar-refractivity contribution in [2.24, 2.45) is 46.3 Å². The van der Waals surface area contributed by atoms with Gasteiger partial charge in [0, 0.05) is 6.42 Å². The van der Waals surface area contributed by atoms with E-state index >= 15 is 0 Å². The molecular weight excluding hydrogens is 464 g/mol. The Morgan fingerprint density at radius 2 is 1.68 bits per heavy atom. The minimum Gasteiger partial charge on any atom is -0.459 e. The molecule has 6 unspecified atom stereocenters. The van der Waals surface area contributed by atoms with Gasteiger partial charge in [0.1, 0.15) is 5.60 Å². The molecule has 3 N–H and O–H groups in total. The van der Waals surface area contributed by atoms with Crippen LogP contribution in [-0.4, -0.2) is 45.2 Å². The number of carbonyl (C=O) groups is 1. The number of aliphatic hydroxyl groups excluding tert-OH is 3. The lowest BCUT2D eigenvalue weighted by molar-refractivity contribution is -0.207. The van der Waals surface area contributed by atoms with Gasteiger partial charge in [0.25, 0.3) is 0 Å². The summed E-state index contributed by atoms with van der Waals surface area (Å²) in [6.45, 7) is 9.11. The van der Waals surface area contributed by atoms with Gasteiger partial charge >= 0.3 is 5.97 Å². The molecular formula is C32H54O5. The molecule has 5 fully saturated rings. The third kappa shape index (κ3) is 4.71. The second-order valence-corrected chi connectivity index (χ2v) is 14.6. The summed E-state index contributed by atoms with van der Waals surface area (Å²) in [6, 6.07) is 0. The van der Waals surface area contributed by atoms with Gasteiger partial charge in [-0.3, -0.25) is 4.79 Å². The lowest BCUT2D eigenvalue weighted by Gasteiger charge is -2.63. The first-order valence-electron chi connectivity index (χ1n) is 15.8. The maximum Gasteiger partial charge on any atom is 0.306 e. The highest BCUT2D eigenvalue weighted by Gasteiger charge is 2.65. The number of ether oxygens (including phenoxy) is 1. The van der Waals surface area contributed by atoms with Crippen molar-refractivity contribution in [1.29, 1.82) is 0 Å². The molecule has 37 heavy (non-hydrogen) atoms. The molecule has 5 saturated carbocycles. The normalized spacial score (nSPS) is 47.9. The van der Waals surface area contributed by atoms with Crippen LogP contribution in [0.15, 0.2) is 0 Å². The van der Waals surface area contributed by atoms with Crippen LogP contribution in [0.4, 0.5) is 0 Å². The Labute approximate surface area is 225 Å². The molecule has 5 heteroatoms. The number of carbonyl (C=O) groups excluding carboxylic acids is 1. The number of fused-ring (bicyclic) bond motifs is 5. The quantitative estimate of drug-likeness (QED) is 0.374. The topological polar surface area (TPSA) is 87.0 Å². The summed E-state index contributed by atoms with van der Waals surface area (Å²) < 4.78 is 6.11. The van der Waals surface area contributed by atoms with Crippen LogP contribution in [0, 0.1) is 46.3 Å². The van der Waals surface area contributed by atoms with E-state index in [1.54, 1.807) is 0 Å². The SMILES string of the molecule is CCC1(OC(=O)CC[C@@H](C)C2CCC3C4C(O)CC5C[C@H](O)CC[C@]5(C)C4C[C@H](O)[C@@]32C)CCCCC1. The molecule has 0 spiro atoms. The molecule has 0 saturated heterocycles. The van der Waals surface area contributed by atoms with Crippen LogP contribution in [0.2, 0.25) is 0 Å². The van der Waals surface area contributed by atoms with Gasteiger partial charge in [-0.1, -0.05) is 34.1 Å². The molecule has 11 atom stereocenters. The second kappa shape index (κ2) is 10.4. The van der Waals surface area contributed by atoms with E-state index in [-0.39, 0.29) is 46.6 Å². The number of rotatable bonds is 6. The zero-order chi connectivity index (χ0) is 26.6. The maximum atomic E-state index is 12.9. The van der Waals surface area contributed by atoms with Gasteiger partial charge in [-0.25, -0.2) is 0 Å². The van der Waals surface area contributed by atoms with Crippen LogP contribution in [0.1, 0.15) is 124 Å². The van der Waals surface area contributed by atoms with Crippen LogP contribution in [0.5, 0.6) is 0 Å². The second-order valence-electron chi connectivity index (χ2n) is 14.6. The molecule has 0 amide bonds. The van der Waals surface area contributed by atoms with E-state index in [0.29, 0.717) is 36.0 Å². The van der Waals surface area contributed by atoms with Crippen molar-refractivity contribution in [2.75, 3.05) is 0 Å². The highest BCUT2D eigenvalue weighted by molar-refractivity contribution is 5.70. The van der Waals surface area contributed by atoms with Crippen molar-refractivity contribution in [3.05, 3.63) is 0 Å². The third-order valence-corrected chi connectivity index (χ3v) is 13.1. The molecule has 0 aliphatic heterocycles. The molecule has 5 aliphatic carbocycles. The number of hydrogen-bond acceptors (Lipinski definition) is 5. The summed E-state index contributed by atoms with van der Waals surface area (Å²) in [5.74, 6) is 1.90. The lowest BCUT2D eigenvalue weighted by Crippen LogP contribution is -2.62. The fraction of sp³-hybridized carbons (Fsp3) is 0.969. The van der Waals surface area contributed by atoms with Crippen LogP contribution in [0.3, 0.4) is 0 Å². The summed E-state index contributed by atoms with van der Waals surface area (Å²) in [6.07, 6.45) is 13.1. The Balaban J connectivity index is 1.26. The van der Waals surface area contributed by atoms with Gasteiger partial charge < -0.3 is 20.1 Å². The zero-order valence-electron chi connectivity index (χ0n) is 24.0. The van der Waals surface area contributed by atoms with Crippen molar-refractivity contribution < 1.29 is 24.9 Å². The predicted molar refractivity (Wildman–Crippen MR) is 145 cm³/mol. The van der Waals surface area contributed by atoms with Gasteiger partial charge in [0.05, 0.1) is 18.3 Å². The van der Waals surface area contributed by atoms with Gasteiger partial charge in [0.2, 0.25) is 0 Å². The Morgan fingerprint density at radius 1 is 0.946 bits per heavy atom. The predicted octanol–water partition coefficient (Wildman–Crippen LogP) is 6.02.